The first-order chi connectivity index (χ1) is 10.6. The number of nitrogens with zero attached hydrogens (tertiary/aromatic N) is 4. The van der Waals surface area contributed by atoms with Crippen LogP contribution in [0.25, 0.3) is 0 Å². The van der Waals surface area contributed by atoms with Crippen LogP contribution < -0.4 is 0 Å². The molecule has 1 aliphatic heterocycles. The molecule has 0 aliphatic carbocycles. The molecule has 1 heterocycles. The fourth-order valence-corrected chi connectivity index (χ4v) is 2.08. The van der Waals surface area contributed by atoms with Crippen LogP contribution in [0.5, 0.6) is 0 Å². The number of imide groups is 1. The van der Waals surface area contributed by atoms with Crippen LogP contribution in [0.3, 0.4) is 0 Å². The van der Waals surface area contributed by atoms with Crippen molar-refractivity contribution >= 4 is 23.7 Å². The number of hydrogen-bond acceptors (Lipinski definition) is 7. The van der Waals surface area contributed by atoms with Gasteiger partial charge in [-0.05, 0) is 12.8 Å². The second-order valence-corrected chi connectivity index (χ2v) is 5.35. The first-order valence-electron chi connectivity index (χ1n) is 7.06. The standard InChI is InChI=1S/C13H20N4O6/c1-6-23-12(19)8(7(2)3)14-10-9(17(21)22)11(18)16(5)13(20)15(10)4/h7-9H,6H2,1-5H3. The summed E-state index contributed by atoms with van der Waals surface area (Å²) >= 11 is 0. The maximum absolute atomic E-state index is 12.0. The van der Waals surface area contributed by atoms with Crippen molar-refractivity contribution in [3.63, 3.8) is 0 Å². The summed E-state index contributed by atoms with van der Waals surface area (Å²) < 4.78 is 4.90. The van der Waals surface area contributed by atoms with Gasteiger partial charge in [0.15, 0.2) is 11.9 Å². The summed E-state index contributed by atoms with van der Waals surface area (Å²) in [5, 5.41) is 11.2. The predicted octanol–water partition coefficient (Wildman–Crippen LogP) is 0.142. The van der Waals surface area contributed by atoms with Crippen molar-refractivity contribution in [3.8, 4) is 0 Å². The lowest BCUT2D eigenvalue weighted by Gasteiger charge is -2.32. The first kappa shape index (κ1) is 18.5. The van der Waals surface area contributed by atoms with Gasteiger partial charge in [-0.2, -0.15) is 0 Å². The topological polar surface area (TPSA) is 122 Å². The van der Waals surface area contributed by atoms with Crippen molar-refractivity contribution in [2.75, 3.05) is 20.7 Å². The van der Waals surface area contributed by atoms with Gasteiger partial charge in [-0.3, -0.25) is 24.7 Å². The van der Waals surface area contributed by atoms with E-state index < -0.39 is 34.9 Å². The Labute approximate surface area is 133 Å². The van der Waals surface area contributed by atoms with E-state index in [0.717, 1.165) is 11.9 Å². The molecule has 128 valence electrons. The average Bonchev–Trinajstić information content (AvgIpc) is 2.46. The van der Waals surface area contributed by atoms with Crippen LogP contribution in [0.2, 0.25) is 0 Å². The molecule has 1 aliphatic rings. The molecule has 0 bridgehead atoms. The van der Waals surface area contributed by atoms with Gasteiger partial charge in [0.05, 0.1) is 6.61 Å². The Kier molecular flexibility index (Phi) is 5.77. The number of nitro groups is 1. The van der Waals surface area contributed by atoms with Gasteiger partial charge < -0.3 is 4.74 Å². The first-order valence-corrected chi connectivity index (χ1v) is 7.06. The number of likely N-dealkylation sites (N-methyl/N-ethyl adjacent to an activating group) is 2. The molecule has 0 aromatic heterocycles. The Morgan fingerprint density at radius 3 is 2.35 bits per heavy atom. The molecule has 23 heavy (non-hydrogen) atoms. The van der Waals surface area contributed by atoms with Crippen LogP contribution >= 0.6 is 0 Å². The lowest BCUT2D eigenvalue weighted by molar-refractivity contribution is -0.491. The number of urea groups is 1. The Morgan fingerprint density at radius 2 is 1.91 bits per heavy atom. The second kappa shape index (κ2) is 7.16. The summed E-state index contributed by atoms with van der Waals surface area (Å²) in [5.74, 6) is -2.35. The molecule has 0 N–H and O–H groups in total. The van der Waals surface area contributed by atoms with Gasteiger partial charge in [0.1, 0.15) is 0 Å². The van der Waals surface area contributed by atoms with E-state index in [9.17, 15) is 24.5 Å². The second-order valence-electron chi connectivity index (χ2n) is 5.35. The van der Waals surface area contributed by atoms with E-state index in [-0.39, 0.29) is 18.4 Å². The number of amidine groups is 1. The van der Waals surface area contributed by atoms with E-state index in [0.29, 0.717) is 4.90 Å². The largest absolute Gasteiger partial charge is 0.464 e. The number of rotatable bonds is 5. The number of carbonyl (C=O) groups excluding carboxylic acids is 3. The lowest BCUT2D eigenvalue weighted by Crippen LogP contribution is -2.62. The normalized spacial score (nSPS) is 21.8. The van der Waals surface area contributed by atoms with Gasteiger partial charge in [-0.1, -0.05) is 13.8 Å². The minimum atomic E-state index is -1.83. The molecule has 0 aromatic carbocycles. The van der Waals surface area contributed by atoms with Crippen molar-refractivity contribution in [2.45, 2.75) is 32.9 Å². The van der Waals surface area contributed by atoms with E-state index in [1.54, 1.807) is 20.8 Å². The van der Waals surface area contributed by atoms with Gasteiger partial charge >= 0.3 is 23.9 Å². The summed E-state index contributed by atoms with van der Waals surface area (Å²) in [6, 6.07) is -3.63. The smallest absolute Gasteiger partial charge is 0.346 e. The summed E-state index contributed by atoms with van der Waals surface area (Å²) in [6.45, 7) is 5.12. The quantitative estimate of drug-likeness (QED) is 0.402. The third-order valence-corrected chi connectivity index (χ3v) is 3.37. The van der Waals surface area contributed by atoms with Crippen molar-refractivity contribution in [2.24, 2.45) is 10.9 Å². The SMILES string of the molecule is CCOC(=O)C(N=C1C([N+](=O)[O-])C(=O)N(C)C(=O)N1C)C(C)C. The van der Waals surface area contributed by atoms with E-state index in [2.05, 4.69) is 4.99 Å². The highest BCUT2D eigenvalue weighted by Crippen LogP contribution is 2.17. The molecule has 2 atom stereocenters. The molecule has 0 radical (unpaired) electrons. The van der Waals surface area contributed by atoms with E-state index in [1.807, 2.05) is 0 Å². The number of ether oxygens (including phenoxy) is 1. The lowest BCUT2D eigenvalue weighted by atomic mass is 10.0. The summed E-state index contributed by atoms with van der Waals surface area (Å²) in [6.07, 6.45) is 0. The maximum Gasteiger partial charge on any atom is 0.346 e. The van der Waals surface area contributed by atoms with Crippen LogP contribution in [0.15, 0.2) is 4.99 Å². The third kappa shape index (κ3) is 3.63. The zero-order valence-corrected chi connectivity index (χ0v) is 13.7. The van der Waals surface area contributed by atoms with Gasteiger partial charge in [0.2, 0.25) is 0 Å². The molecule has 0 saturated carbocycles. The Bertz CT molecular complexity index is 559. The molecule has 1 rings (SSSR count). The fourth-order valence-electron chi connectivity index (χ4n) is 2.08. The molecule has 1 fully saturated rings. The molecule has 10 nitrogen and oxygen atoms in total. The zero-order chi connectivity index (χ0) is 17.9. The summed E-state index contributed by atoms with van der Waals surface area (Å²) in [5.41, 5.74) is 0. The number of aliphatic imine (C=N–C) groups is 1. The zero-order valence-electron chi connectivity index (χ0n) is 13.7. The van der Waals surface area contributed by atoms with Crippen molar-refractivity contribution in [1.82, 2.24) is 9.80 Å². The highest BCUT2D eigenvalue weighted by Gasteiger charge is 2.49. The molecule has 10 heteroatoms. The van der Waals surface area contributed by atoms with Gasteiger partial charge in [-0.15, -0.1) is 0 Å². The molecule has 3 amide bonds. The Balaban J connectivity index is 3.36. The fraction of sp³-hybridized carbons (Fsp3) is 0.692. The van der Waals surface area contributed by atoms with Crippen molar-refractivity contribution in [3.05, 3.63) is 10.1 Å². The van der Waals surface area contributed by atoms with Crippen LogP contribution in [0.1, 0.15) is 20.8 Å². The van der Waals surface area contributed by atoms with Crippen LogP contribution in [-0.2, 0) is 14.3 Å². The molecule has 0 spiro atoms. The van der Waals surface area contributed by atoms with Crippen LogP contribution in [-0.4, -0.2) is 71.3 Å². The Hall–Kier alpha value is -2.52. The third-order valence-electron chi connectivity index (χ3n) is 3.37. The van der Waals surface area contributed by atoms with Crippen molar-refractivity contribution in [1.29, 1.82) is 0 Å². The van der Waals surface area contributed by atoms with Crippen LogP contribution in [0.4, 0.5) is 4.79 Å². The average molecular weight is 328 g/mol. The Morgan fingerprint density at radius 1 is 1.35 bits per heavy atom. The van der Waals surface area contributed by atoms with E-state index in [1.165, 1.54) is 7.05 Å². The minimum absolute atomic E-state index is 0.127. The molecular formula is C13H20N4O6. The van der Waals surface area contributed by atoms with E-state index >= 15 is 0 Å². The summed E-state index contributed by atoms with van der Waals surface area (Å²) in [4.78, 5) is 52.0. The van der Waals surface area contributed by atoms with Gasteiger partial charge in [0, 0.05) is 19.0 Å². The van der Waals surface area contributed by atoms with Crippen LogP contribution in [0, 0.1) is 16.0 Å². The number of hydrogen-bond donors (Lipinski definition) is 0. The van der Waals surface area contributed by atoms with Crippen molar-refractivity contribution < 1.29 is 24.0 Å². The molecule has 0 aromatic rings. The number of carbonyl (C=O) groups is 3. The van der Waals surface area contributed by atoms with Gasteiger partial charge in [0.25, 0.3) is 0 Å². The highest BCUT2D eigenvalue weighted by atomic mass is 16.6. The predicted molar refractivity (Wildman–Crippen MR) is 79.4 cm³/mol. The number of amides is 3. The maximum atomic E-state index is 12.0. The molecule has 2 unspecified atom stereocenters. The van der Waals surface area contributed by atoms with E-state index in [4.69, 9.17) is 4.74 Å². The minimum Gasteiger partial charge on any atom is -0.464 e. The highest BCUT2D eigenvalue weighted by molar-refractivity contribution is 6.19. The molecular weight excluding hydrogens is 308 g/mol. The number of esters is 1. The monoisotopic (exact) mass is 328 g/mol. The molecule has 1 saturated heterocycles. The summed E-state index contributed by atoms with van der Waals surface area (Å²) in [7, 11) is 2.42. The van der Waals surface area contributed by atoms with Gasteiger partial charge in [-0.25, -0.2) is 14.6 Å².